The molecule has 1 aromatic heterocycles. The van der Waals surface area contributed by atoms with Crippen LogP contribution >= 0.6 is 0 Å². The van der Waals surface area contributed by atoms with Crippen LogP contribution in [-0.4, -0.2) is 48.3 Å². The molecular weight excluding hydrogens is 264 g/mol. The highest BCUT2D eigenvalue weighted by atomic mass is 16.5. The van der Waals surface area contributed by atoms with E-state index < -0.39 is 0 Å². The van der Waals surface area contributed by atoms with Gasteiger partial charge in [0.05, 0.1) is 0 Å². The molecule has 2 N–H and O–H groups in total. The van der Waals surface area contributed by atoms with Crippen LogP contribution in [0.1, 0.15) is 17.5 Å². The predicted octanol–water partition coefficient (Wildman–Crippen LogP) is 1.88. The number of fused-ring (bicyclic) bond motifs is 2. The van der Waals surface area contributed by atoms with Crippen LogP contribution in [0.15, 0.2) is 24.4 Å². The van der Waals surface area contributed by atoms with Gasteiger partial charge in [0.1, 0.15) is 5.60 Å². The number of aliphatic hydroxyl groups is 1. The van der Waals surface area contributed by atoms with Crippen molar-refractivity contribution in [1.82, 2.24) is 9.88 Å². The number of hydrogen-bond donors (Lipinski definition) is 2. The van der Waals surface area contributed by atoms with Crippen LogP contribution in [0.25, 0.3) is 10.9 Å². The highest BCUT2D eigenvalue weighted by Gasteiger charge is 2.51. The number of rotatable bonds is 2. The van der Waals surface area contributed by atoms with Crippen LogP contribution in [0.4, 0.5) is 0 Å². The SMILES string of the molecule is CO[C@]12CC(CO)CN(C)C1Cc1c[nH]c3cccc2c13. The van der Waals surface area contributed by atoms with E-state index in [4.69, 9.17) is 4.74 Å². The van der Waals surface area contributed by atoms with Gasteiger partial charge in [-0.2, -0.15) is 0 Å². The van der Waals surface area contributed by atoms with Gasteiger partial charge in [0.25, 0.3) is 0 Å². The maximum Gasteiger partial charge on any atom is 0.110 e. The highest BCUT2D eigenvalue weighted by Crippen LogP contribution is 2.49. The van der Waals surface area contributed by atoms with Gasteiger partial charge < -0.3 is 14.8 Å². The van der Waals surface area contributed by atoms with Gasteiger partial charge in [-0.05, 0) is 43.0 Å². The first kappa shape index (κ1) is 13.3. The summed E-state index contributed by atoms with van der Waals surface area (Å²) in [7, 11) is 3.97. The predicted molar refractivity (Wildman–Crippen MR) is 82.3 cm³/mol. The quantitative estimate of drug-likeness (QED) is 0.886. The zero-order chi connectivity index (χ0) is 14.6. The number of nitrogens with zero attached hydrogens (tertiary/aromatic N) is 1. The molecule has 1 saturated heterocycles. The Hall–Kier alpha value is -1.36. The molecule has 0 radical (unpaired) electrons. The van der Waals surface area contributed by atoms with Gasteiger partial charge in [0.15, 0.2) is 0 Å². The summed E-state index contributed by atoms with van der Waals surface area (Å²) >= 11 is 0. The second kappa shape index (κ2) is 4.57. The molecule has 2 heterocycles. The monoisotopic (exact) mass is 286 g/mol. The van der Waals surface area contributed by atoms with Crippen molar-refractivity contribution >= 4 is 10.9 Å². The molecule has 4 rings (SSSR count). The van der Waals surface area contributed by atoms with Crippen molar-refractivity contribution in [1.29, 1.82) is 0 Å². The first-order valence-corrected chi connectivity index (χ1v) is 7.65. The Bertz CT molecular complexity index is 680. The fourth-order valence-corrected chi connectivity index (χ4v) is 4.56. The summed E-state index contributed by atoms with van der Waals surface area (Å²) in [6.45, 7) is 1.15. The van der Waals surface area contributed by atoms with E-state index in [9.17, 15) is 5.11 Å². The lowest BCUT2D eigenvalue weighted by molar-refractivity contribution is -0.130. The van der Waals surface area contributed by atoms with Gasteiger partial charge in [-0.15, -0.1) is 0 Å². The number of ether oxygens (including phenoxy) is 1. The zero-order valence-electron chi connectivity index (χ0n) is 12.6. The molecule has 1 aliphatic carbocycles. The molecule has 2 aromatic rings. The van der Waals surface area contributed by atoms with Crippen molar-refractivity contribution in [2.45, 2.75) is 24.5 Å². The molecule has 2 aliphatic rings. The average Bonchev–Trinajstić information content (AvgIpc) is 2.93. The van der Waals surface area contributed by atoms with Crippen LogP contribution in [0, 0.1) is 5.92 Å². The van der Waals surface area contributed by atoms with Gasteiger partial charge >= 0.3 is 0 Å². The summed E-state index contributed by atoms with van der Waals surface area (Å²) in [6.07, 6.45) is 4.03. The largest absolute Gasteiger partial charge is 0.396 e. The van der Waals surface area contributed by atoms with E-state index >= 15 is 0 Å². The summed E-state index contributed by atoms with van der Waals surface area (Å²) in [4.78, 5) is 5.75. The van der Waals surface area contributed by atoms with Crippen LogP contribution in [0.2, 0.25) is 0 Å². The Morgan fingerprint density at radius 3 is 3.10 bits per heavy atom. The first-order chi connectivity index (χ1) is 10.2. The van der Waals surface area contributed by atoms with Crippen molar-refractivity contribution in [3.8, 4) is 0 Å². The second-order valence-electron chi connectivity index (χ2n) is 6.55. The van der Waals surface area contributed by atoms with Gasteiger partial charge in [0.2, 0.25) is 0 Å². The summed E-state index contributed by atoms with van der Waals surface area (Å²) in [6, 6.07) is 6.76. The van der Waals surface area contributed by atoms with E-state index in [-0.39, 0.29) is 18.1 Å². The van der Waals surface area contributed by atoms with E-state index in [0.717, 1.165) is 19.4 Å². The number of aromatic amines is 1. The molecule has 0 spiro atoms. The molecule has 21 heavy (non-hydrogen) atoms. The first-order valence-electron chi connectivity index (χ1n) is 7.65. The van der Waals surface area contributed by atoms with Crippen LogP contribution in [0.3, 0.4) is 0 Å². The normalized spacial score (nSPS) is 32.3. The number of H-pyrrole nitrogens is 1. The third-order valence-electron chi connectivity index (χ3n) is 5.49. The molecule has 3 atom stereocenters. The molecule has 1 aliphatic heterocycles. The van der Waals surface area contributed by atoms with E-state index in [0.29, 0.717) is 6.04 Å². The summed E-state index contributed by atoms with van der Waals surface area (Å²) in [5.41, 5.74) is 3.54. The van der Waals surface area contributed by atoms with Crippen molar-refractivity contribution in [3.05, 3.63) is 35.5 Å². The molecule has 0 bridgehead atoms. The lowest BCUT2D eigenvalue weighted by Gasteiger charge is -2.52. The Kier molecular flexibility index (Phi) is 2.89. The molecule has 0 saturated carbocycles. The fourth-order valence-electron chi connectivity index (χ4n) is 4.56. The Morgan fingerprint density at radius 1 is 1.48 bits per heavy atom. The molecule has 1 fully saturated rings. The van der Waals surface area contributed by atoms with Crippen molar-refractivity contribution in [2.75, 3.05) is 27.3 Å². The lowest BCUT2D eigenvalue weighted by atomic mass is 9.69. The Labute approximate surface area is 124 Å². The zero-order valence-corrected chi connectivity index (χ0v) is 12.6. The number of piperidine rings is 1. The minimum atomic E-state index is -0.310. The van der Waals surface area contributed by atoms with E-state index in [1.54, 1.807) is 0 Å². The number of nitrogens with one attached hydrogen (secondary N) is 1. The standard InChI is InChI=1S/C17H22N2O2/c1-19-9-11(10-20)7-17(21-2)13-4-3-5-14-16(13)12(8-18-14)6-15(17)19/h3-5,8,11,15,18,20H,6-7,9-10H2,1-2H3/t11?,15?,17-/m0/s1. The molecule has 2 unspecified atom stereocenters. The van der Waals surface area contributed by atoms with Crippen molar-refractivity contribution in [2.24, 2.45) is 5.92 Å². The number of hydrogen-bond acceptors (Lipinski definition) is 3. The van der Waals surface area contributed by atoms with Crippen molar-refractivity contribution < 1.29 is 9.84 Å². The third-order valence-corrected chi connectivity index (χ3v) is 5.49. The van der Waals surface area contributed by atoms with E-state index in [1.807, 2.05) is 7.11 Å². The summed E-state index contributed by atoms with van der Waals surface area (Å²) in [5, 5.41) is 11.0. The van der Waals surface area contributed by atoms with E-state index in [2.05, 4.69) is 41.3 Å². The number of likely N-dealkylation sites (tertiary alicyclic amines) is 1. The van der Waals surface area contributed by atoms with E-state index in [1.165, 1.54) is 22.0 Å². The molecule has 4 nitrogen and oxygen atoms in total. The van der Waals surface area contributed by atoms with Crippen molar-refractivity contribution in [3.63, 3.8) is 0 Å². The smallest absolute Gasteiger partial charge is 0.110 e. The van der Waals surface area contributed by atoms with Crippen LogP contribution < -0.4 is 0 Å². The highest BCUT2D eigenvalue weighted by molar-refractivity contribution is 5.88. The minimum absolute atomic E-state index is 0.220. The number of methoxy groups -OCH3 is 1. The van der Waals surface area contributed by atoms with Crippen LogP contribution in [0.5, 0.6) is 0 Å². The summed E-state index contributed by atoms with van der Waals surface area (Å²) in [5.74, 6) is 0.266. The second-order valence-corrected chi connectivity index (χ2v) is 6.55. The number of likely N-dealkylation sites (N-methyl/N-ethyl adjacent to an activating group) is 1. The molecule has 112 valence electrons. The van der Waals surface area contributed by atoms with Gasteiger partial charge in [0, 0.05) is 43.4 Å². The molecular formula is C17H22N2O2. The number of aliphatic hydroxyl groups excluding tert-OH is 1. The Morgan fingerprint density at radius 2 is 2.33 bits per heavy atom. The molecule has 1 aromatic carbocycles. The summed E-state index contributed by atoms with van der Waals surface area (Å²) < 4.78 is 6.14. The average molecular weight is 286 g/mol. The topological polar surface area (TPSA) is 48.5 Å². The molecule has 0 amide bonds. The third kappa shape index (κ3) is 1.67. The lowest BCUT2D eigenvalue weighted by Crippen LogP contribution is -2.59. The fraction of sp³-hybridized carbons (Fsp3) is 0.529. The number of aromatic nitrogens is 1. The maximum absolute atomic E-state index is 9.67. The van der Waals surface area contributed by atoms with Crippen LogP contribution in [-0.2, 0) is 16.8 Å². The molecule has 4 heteroatoms. The van der Waals surface area contributed by atoms with Gasteiger partial charge in [-0.3, -0.25) is 4.90 Å². The van der Waals surface area contributed by atoms with Gasteiger partial charge in [-0.25, -0.2) is 0 Å². The number of benzene rings is 1. The maximum atomic E-state index is 9.67. The Balaban J connectivity index is 1.96. The minimum Gasteiger partial charge on any atom is -0.396 e. The van der Waals surface area contributed by atoms with Gasteiger partial charge in [-0.1, -0.05) is 12.1 Å².